The lowest BCUT2D eigenvalue weighted by atomic mass is 10.3. The Morgan fingerprint density at radius 3 is 1.73 bits per heavy atom. The zero-order valence-corrected chi connectivity index (χ0v) is 9.39. The van der Waals surface area contributed by atoms with Gasteiger partial charge in [-0.3, -0.25) is 0 Å². The predicted molar refractivity (Wildman–Crippen MR) is 54.3 cm³/mol. The van der Waals surface area contributed by atoms with E-state index in [1.165, 1.54) is 19.4 Å². The number of rotatable bonds is 0. The van der Waals surface area contributed by atoms with Crippen LogP contribution in [-0.2, 0) is 0 Å². The van der Waals surface area contributed by atoms with Crippen LogP contribution in [0, 0.1) is 0 Å². The molecule has 0 saturated carbocycles. The Balaban J connectivity index is 0. The van der Waals surface area contributed by atoms with Crippen LogP contribution in [-0.4, -0.2) is 43.5 Å². The molecule has 1 heterocycles. The molecule has 0 aromatic carbocycles. The Hall–Kier alpha value is -0.295. The van der Waals surface area contributed by atoms with Crippen LogP contribution in [0.15, 0.2) is 0 Å². The Kier molecular flexibility index (Phi) is 10.2. The number of halogens is 4. The van der Waals surface area contributed by atoms with Crippen LogP contribution in [0.4, 0.5) is 17.3 Å². The molecule has 1 aliphatic rings. The molecule has 1 fully saturated rings. The molecule has 0 bridgehead atoms. The number of hydrogen-bond acceptors (Lipinski definition) is 2. The molecule has 1 aliphatic heterocycles. The molecule has 94 valence electrons. The third-order valence-electron chi connectivity index (χ3n) is 1.89. The van der Waals surface area contributed by atoms with Crippen molar-refractivity contribution in [3.63, 3.8) is 0 Å². The van der Waals surface area contributed by atoms with Crippen molar-refractivity contribution in [1.82, 2.24) is 4.90 Å². The zero-order chi connectivity index (χ0) is 12.5. The SMILES string of the molecule is CC1CCCN1C.CCO.F[B-](F)(F)F. The Morgan fingerprint density at radius 2 is 1.67 bits per heavy atom. The van der Waals surface area contributed by atoms with Gasteiger partial charge in [0.15, 0.2) is 0 Å². The quantitative estimate of drug-likeness (QED) is 0.512. The van der Waals surface area contributed by atoms with Crippen LogP contribution in [0.1, 0.15) is 26.7 Å². The summed E-state index contributed by atoms with van der Waals surface area (Å²) in [6.07, 6.45) is 2.80. The standard InChI is InChI=1S/C6H13N.C2H6O.BF4/c1-6-4-3-5-7(6)2;1-2-3;2-1(3,4)5/h6H,3-5H2,1-2H3;3H,2H2,1H3;/q;;-1. The molecule has 1 rings (SSSR count). The van der Waals surface area contributed by atoms with Crippen molar-refractivity contribution in [2.24, 2.45) is 0 Å². The first-order valence-corrected chi connectivity index (χ1v) is 4.90. The maximum absolute atomic E-state index is 9.75. The molecule has 2 nitrogen and oxygen atoms in total. The monoisotopic (exact) mass is 232 g/mol. The normalized spacial score (nSPS) is 21.2. The highest BCUT2D eigenvalue weighted by atomic mass is 19.5. The number of likely N-dealkylation sites (tertiary alicyclic amines) is 1. The highest BCUT2D eigenvalue weighted by molar-refractivity contribution is 6.50. The molecular weight excluding hydrogens is 213 g/mol. The largest absolute Gasteiger partial charge is 0.673 e. The van der Waals surface area contributed by atoms with E-state index in [2.05, 4.69) is 18.9 Å². The average Bonchev–Trinajstić information content (AvgIpc) is 2.34. The van der Waals surface area contributed by atoms with Gasteiger partial charge in [0.2, 0.25) is 0 Å². The fourth-order valence-electron chi connectivity index (χ4n) is 1.08. The van der Waals surface area contributed by atoms with Gasteiger partial charge in [-0.05, 0) is 40.3 Å². The first-order chi connectivity index (χ1) is 6.72. The van der Waals surface area contributed by atoms with Crippen molar-refractivity contribution in [1.29, 1.82) is 0 Å². The van der Waals surface area contributed by atoms with E-state index in [-0.39, 0.29) is 6.61 Å². The number of nitrogens with zero attached hydrogens (tertiary/aromatic N) is 1. The van der Waals surface area contributed by atoms with E-state index in [4.69, 9.17) is 5.11 Å². The van der Waals surface area contributed by atoms with Crippen molar-refractivity contribution in [2.75, 3.05) is 20.2 Å². The van der Waals surface area contributed by atoms with Crippen LogP contribution in [0.5, 0.6) is 0 Å². The van der Waals surface area contributed by atoms with E-state index in [1.807, 2.05) is 0 Å². The van der Waals surface area contributed by atoms with E-state index >= 15 is 0 Å². The van der Waals surface area contributed by atoms with Gasteiger partial charge >= 0.3 is 7.25 Å². The first-order valence-electron chi connectivity index (χ1n) is 4.90. The van der Waals surface area contributed by atoms with Gasteiger partial charge < -0.3 is 27.3 Å². The molecule has 1 atom stereocenters. The van der Waals surface area contributed by atoms with Gasteiger partial charge in [0, 0.05) is 12.6 Å². The van der Waals surface area contributed by atoms with Gasteiger partial charge in [0.05, 0.1) is 0 Å². The van der Waals surface area contributed by atoms with Crippen molar-refractivity contribution in [3.8, 4) is 0 Å². The second-order valence-electron chi connectivity index (χ2n) is 3.28. The molecule has 0 aliphatic carbocycles. The summed E-state index contributed by atoms with van der Waals surface area (Å²) in [5, 5.41) is 7.57. The second-order valence-corrected chi connectivity index (χ2v) is 3.28. The van der Waals surface area contributed by atoms with Crippen molar-refractivity contribution in [3.05, 3.63) is 0 Å². The molecule has 15 heavy (non-hydrogen) atoms. The lowest BCUT2D eigenvalue weighted by Crippen LogP contribution is -2.20. The summed E-state index contributed by atoms with van der Waals surface area (Å²) in [7, 11) is -3.81. The van der Waals surface area contributed by atoms with Gasteiger partial charge in [0.25, 0.3) is 0 Å². The van der Waals surface area contributed by atoms with Crippen LogP contribution in [0.25, 0.3) is 0 Å². The lowest BCUT2D eigenvalue weighted by Gasteiger charge is -2.12. The highest BCUT2D eigenvalue weighted by Gasteiger charge is 2.20. The molecule has 0 radical (unpaired) electrons. The average molecular weight is 232 g/mol. The molecule has 7 heteroatoms. The minimum Gasteiger partial charge on any atom is -0.418 e. The van der Waals surface area contributed by atoms with Crippen LogP contribution < -0.4 is 0 Å². The molecule has 0 aromatic heterocycles. The third-order valence-corrected chi connectivity index (χ3v) is 1.89. The summed E-state index contributed by atoms with van der Waals surface area (Å²) in [5.74, 6) is 0. The first kappa shape index (κ1) is 17.1. The van der Waals surface area contributed by atoms with Gasteiger partial charge in [0.1, 0.15) is 0 Å². The van der Waals surface area contributed by atoms with E-state index in [0.29, 0.717) is 0 Å². The van der Waals surface area contributed by atoms with Crippen LogP contribution in [0.2, 0.25) is 0 Å². The molecule has 1 N–H and O–H groups in total. The lowest BCUT2D eigenvalue weighted by molar-refractivity contribution is 0.318. The minimum absolute atomic E-state index is 0.250. The summed E-state index contributed by atoms with van der Waals surface area (Å²) < 4.78 is 39.0. The Labute approximate surface area is 88.4 Å². The fourth-order valence-corrected chi connectivity index (χ4v) is 1.08. The molecule has 0 aromatic rings. The number of hydrogen-bond donors (Lipinski definition) is 1. The maximum atomic E-state index is 9.75. The van der Waals surface area contributed by atoms with Crippen LogP contribution in [0.3, 0.4) is 0 Å². The Morgan fingerprint density at radius 1 is 1.33 bits per heavy atom. The van der Waals surface area contributed by atoms with Gasteiger partial charge in [-0.2, -0.15) is 0 Å². The molecule has 0 amide bonds. The fraction of sp³-hybridized carbons (Fsp3) is 1.00. The van der Waals surface area contributed by atoms with E-state index in [0.717, 1.165) is 6.04 Å². The summed E-state index contributed by atoms with van der Waals surface area (Å²) in [4.78, 5) is 2.40. The minimum atomic E-state index is -6.00. The van der Waals surface area contributed by atoms with E-state index < -0.39 is 7.25 Å². The molecular formula is C8H19BF4NO-. The van der Waals surface area contributed by atoms with Crippen LogP contribution >= 0.6 is 0 Å². The number of aliphatic hydroxyl groups is 1. The van der Waals surface area contributed by atoms with Crippen molar-refractivity contribution in [2.45, 2.75) is 32.7 Å². The molecule has 1 saturated heterocycles. The van der Waals surface area contributed by atoms with Gasteiger partial charge in [-0.1, -0.05) is 0 Å². The molecule has 0 spiro atoms. The molecule has 1 unspecified atom stereocenters. The smallest absolute Gasteiger partial charge is 0.418 e. The summed E-state index contributed by atoms with van der Waals surface area (Å²) >= 11 is 0. The maximum Gasteiger partial charge on any atom is 0.673 e. The third kappa shape index (κ3) is 19.9. The van der Waals surface area contributed by atoms with Gasteiger partial charge in [-0.25, -0.2) is 0 Å². The van der Waals surface area contributed by atoms with Crippen molar-refractivity contribution < 1.29 is 22.4 Å². The predicted octanol–water partition coefficient (Wildman–Crippen LogP) is 2.40. The zero-order valence-electron chi connectivity index (χ0n) is 9.39. The van der Waals surface area contributed by atoms with Crippen molar-refractivity contribution >= 4 is 7.25 Å². The van der Waals surface area contributed by atoms with Gasteiger partial charge in [-0.15, -0.1) is 0 Å². The topological polar surface area (TPSA) is 23.5 Å². The summed E-state index contributed by atoms with van der Waals surface area (Å²) in [6, 6.07) is 0.847. The Bertz CT molecular complexity index is 131. The second kappa shape index (κ2) is 8.97. The van der Waals surface area contributed by atoms with E-state index in [9.17, 15) is 17.3 Å². The number of aliphatic hydroxyl groups excluding tert-OH is 1. The summed E-state index contributed by atoms with van der Waals surface area (Å²) in [5.41, 5.74) is 0. The summed E-state index contributed by atoms with van der Waals surface area (Å²) in [6.45, 7) is 5.52. The van der Waals surface area contributed by atoms with E-state index in [1.54, 1.807) is 6.92 Å². The highest BCUT2D eigenvalue weighted by Crippen LogP contribution is 2.12.